The quantitative estimate of drug-likeness (QED) is 0.369. The number of likely N-dealkylation sites (tertiary alicyclic amines) is 1. The van der Waals surface area contributed by atoms with Crippen LogP contribution in [-0.4, -0.2) is 34.9 Å². The number of oxime groups is 1. The lowest BCUT2D eigenvalue weighted by molar-refractivity contribution is 0.0662. The number of amides is 1. The molecule has 114 valence electrons. The zero-order chi connectivity index (χ0) is 15.6. The molecule has 0 aromatic heterocycles. The molecule has 1 aliphatic heterocycles. The molecule has 2 rings (SSSR count). The first-order valence-corrected chi connectivity index (χ1v) is 7.39. The summed E-state index contributed by atoms with van der Waals surface area (Å²) >= 11 is 3.24. The van der Waals surface area contributed by atoms with E-state index in [4.69, 9.17) is 10.9 Å². The maximum atomic E-state index is 13.8. The summed E-state index contributed by atoms with van der Waals surface area (Å²) in [6.45, 7) is 2.78. The predicted molar refractivity (Wildman–Crippen MR) is 80.8 cm³/mol. The van der Waals surface area contributed by atoms with Crippen molar-refractivity contribution in [3.8, 4) is 0 Å². The van der Waals surface area contributed by atoms with Crippen molar-refractivity contribution >= 4 is 27.7 Å². The van der Waals surface area contributed by atoms with Crippen LogP contribution in [0.1, 0.15) is 30.1 Å². The van der Waals surface area contributed by atoms with Crippen molar-refractivity contribution in [3.05, 3.63) is 34.1 Å². The number of nitrogens with zero attached hydrogens (tertiary/aromatic N) is 2. The number of benzene rings is 1. The zero-order valence-corrected chi connectivity index (χ0v) is 13.2. The van der Waals surface area contributed by atoms with Gasteiger partial charge in [0.1, 0.15) is 11.7 Å². The molecule has 0 saturated carbocycles. The van der Waals surface area contributed by atoms with Crippen molar-refractivity contribution in [1.29, 1.82) is 0 Å². The number of piperidine rings is 1. The molecule has 1 amide bonds. The van der Waals surface area contributed by atoms with E-state index in [1.54, 1.807) is 11.0 Å². The lowest BCUT2D eigenvalue weighted by atomic mass is 9.79. The summed E-state index contributed by atoms with van der Waals surface area (Å²) in [6, 6.07) is 4.30. The summed E-state index contributed by atoms with van der Waals surface area (Å²) in [5, 5.41) is 11.9. The van der Waals surface area contributed by atoms with Gasteiger partial charge in [0.2, 0.25) is 0 Å². The number of hydrogen-bond donors (Lipinski definition) is 2. The lowest BCUT2D eigenvalue weighted by Gasteiger charge is -2.38. The van der Waals surface area contributed by atoms with Crippen LogP contribution in [0.15, 0.2) is 27.8 Å². The van der Waals surface area contributed by atoms with Gasteiger partial charge in [0.15, 0.2) is 0 Å². The Balaban J connectivity index is 2.12. The molecule has 21 heavy (non-hydrogen) atoms. The van der Waals surface area contributed by atoms with E-state index in [9.17, 15) is 9.18 Å². The van der Waals surface area contributed by atoms with Crippen LogP contribution in [0.4, 0.5) is 4.39 Å². The molecule has 3 N–H and O–H groups in total. The van der Waals surface area contributed by atoms with Gasteiger partial charge in [-0.2, -0.15) is 0 Å². The molecular formula is C14H17BrFN3O2. The zero-order valence-electron chi connectivity index (χ0n) is 11.6. The normalized spacial score (nSPS) is 18.6. The second-order valence-corrected chi connectivity index (χ2v) is 6.38. The second-order valence-electron chi connectivity index (χ2n) is 5.46. The number of halogens is 2. The van der Waals surface area contributed by atoms with E-state index < -0.39 is 11.2 Å². The smallest absolute Gasteiger partial charge is 0.256 e. The van der Waals surface area contributed by atoms with Gasteiger partial charge in [-0.3, -0.25) is 4.79 Å². The molecule has 1 aromatic rings. The molecule has 1 heterocycles. The van der Waals surface area contributed by atoms with Gasteiger partial charge >= 0.3 is 0 Å². The monoisotopic (exact) mass is 357 g/mol. The van der Waals surface area contributed by atoms with Crippen molar-refractivity contribution < 1.29 is 14.4 Å². The molecular weight excluding hydrogens is 341 g/mol. The van der Waals surface area contributed by atoms with E-state index >= 15 is 0 Å². The Bertz CT molecular complexity index is 584. The predicted octanol–water partition coefficient (Wildman–Crippen LogP) is 2.58. The van der Waals surface area contributed by atoms with Gasteiger partial charge in [0.05, 0.1) is 5.56 Å². The van der Waals surface area contributed by atoms with Gasteiger partial charge in [-0.1, -0.05) is 28.0 Å². The van der Waals surface area contributed by atoms with Gasteiger partial charge in [-0.15, -0.1) is 0 Å². The summed E-state index contributed by atoms with van der Waals surface area (Å²) in [6.07, 6.45) is 1.15. The maximum absolute atomic E-state index is 13.8. The van der Waals surface area contributed by atoms with Gasteiger partial charge in [0.25, 0.3) is 5.91 Å². The topological polar surface area (TPSA) is 78.9 Å². The fourth-order valence-electron chi connectivity index (χ4n) is 2.41. The first-order chi connectivity index (χ1) is 9.87. The van der Waals surface area contributed by atoms with Crippen LogP contribution in [0, 0.1) is 11.2 Å². The van der Waals surface area contributed by atoms with Crippen molar-refractivity contribution in [2.75, 3.05) is 13.1 Å². The van der Waals surface area contributed by atoms with E-state index in [1.165, 1.54) is 12.1 Å². The Morgan fingerprint density at radius 3 is 2.67 bits per heavy atom. The van der Waals surface area contributed by atoms with Crippen LogP contribution in [0.3, 0.4) is 0 Å². The van der Waals surface area contributed by atoms with E-state index in [-0.39, 0.29) is 17.3 Å². The number of carbonyl (C=O) groups excluding carboxylic acids is 1. The van der Waals surface area contributed by atoms with Crippen molar-refractivity contribution in [2.24, 2.45) is 16.3 Å². The number of hydrogen-bond acceptors (Lipinski definition) is 3. The molecule has 0 radical (unpaired) electrons. The third kappa shape index (κ3) is 3.18. The van der Waals surface area contributed by atoms with Crippen LogP contribution >= 0.6 is 15.9 Å². The highest BCUT2D eigenvalue weighted by molar-refractivity contribution is 9.10. The van der Waals surface area contributed by atoms with Crippen LogP contribution in [0.25, 0.3) is 0 Å². The van der Waals surface area contributed by atoms with Gasteiger partial charge in [-0.25, -0.2) is 4.39 Å². The summed E-state index contributed by atoms with van der Waals surface area (Å²) in [5.74, 6) is -0.702. The van der Waals surface area contributed by atoms with Crippen molar-refractivity contribution in [1.82, 2.24) is 4.90 Å². The first-order valence-electron chi connectivity index (χ1n) is 6.60. The third-order valence-electron chi connectivity index (χ3n) is 4.04. The van der Waals surface area contributed by atoms with Gasteiger partial charge < -0.3 is 15.8 Å². The molecule has 0 bridgehead atoms. The largest absolute Gasteiger partial charge is 0.409 e. The number of amidine groups is 1. The molecule has 5 nitrogen and oxygen atoms in total. The summed E-state index contributed by atoms with van der Waals surface area (Å²) < 4.78 is 14.4. The van der Waals surface area contributed by atoms with E-state index in [1.807, 2.05) is 6.92 Å². The van der Waals surface area contributed by atoms with E-state index in [2.05, 4.69) is 21.1 Å². The van der Waals surface area contributed by atoms with Crippen molar-refractivity contribution in [2.45, 2.75) is 19.8 Å². The summed E-state index contributed by atoms with van der Waals surface area (Å²) in [5.41, 5.74) is 5.31. The summed E-state index contributed by atoms with van der Waals surface area (Å²) in [7, 11) is 0. The van der Waals surface area contributed by atoms with Gasteiger partial charge in [0, 0.05) is 23.0 Å². The second kappa shape index (κ2) is 6.01. The molecule has 1 saturated heterocycles. The minimum absolute atomic E-state index is 0.0526. The Hall–Kier alpha value is -1.63. The highest BCUT2D eigenvalue weighted by Gasteiger charge is 2.36. The van der Waals surface area contributed by atoms with Gasteiger partial charge in [-0.05, 0) is 31.0 Å². The number of rotatable bonds is 2. The molecule has 1 fully saturated rings. The molecule has 7 heteroatoms. The average molecular weight is 358 g/mol. The first kappa shape index (κ1) is 15.8. The maximum Gasteiger partial charge on any atom is 0.256 e. The van der Waals surface area contributed by atoms with Crippen LogP contribution in [-0.2, 0) is 0 Å². The molecule has 0 unspecified atom stereocenters. The van der Waals surface area contributed by atoms with Crippen LogP contribution < -0.4 is 5.73 Å². The standard InChI is InChI=1S/C14H17BrFN3O2/c1-14(13(17)18-21)4-6-19(7-5-14)12(20)10-8-9(15)2-3-11(10)16/h2-3,8,21H,4-7H2,1H3,(H2,17,18). The minimum atomic E-state index is -0.534. The fraction of sp³-hybridized carbons (Fsp3) is 0.429. The summed E-state index contributed by atoms with van der Waals surface area (Å²) in [4.78, 5) is 14.0. The molecule has 1 aliphatic rings. The molecule has 0 spiro atoms. The minimum Gasteiger partial charge on any atom is -0.409 e. The average Bonchev–Trinajstić information content (AvgIpc) is 2.49. The Kier molecular flexibility index (Phi) is 4.51. The molecule has 0 atom stereocenters. The Labute approximate surface area is 130 Å². The highest BCUT2D eigenvalue weighted by Crippen LogP contribution is 2.32. The Morgan fingerprint density at radius 2 is 2.10 bits per heavy atom. The van der Waals surface area contributed by atoms with Crippen LogP contribution in [0.2, 0.25) is 0 Å². The van der Waals surface area contributed by atoms with Crippen LogP contribution in [0.5, 0.6) is 0 Å². The van der Waals surface area contributed by atoms with Crippen molar-refractivity contribution in [3.63, 3.8) is 0 Å². The SMILES string of the molecule is CC1(/C(N)=N/O)CCN(C(=O)c2cc(Br)ccc2F)CC1. The molecule has 0 aliphatic carbocycles. The van der Waals surface area contributed by atoms with E-state index in [0.29, 0.717) is 30.4 Å². The number of nitrogens with two attached hydrogens (primary N) is 1. The molecule has 1 aromatic carbocycles. The Morgan fingerprint density at radius 1 is 1.48 bits per heavy atom. The van der Waals surface area contributed by atoms with E-state index in [0.717, 1.165) is 0 Å². The highest BCUT2D eigenvalue weighted by atomic mass is 79.9. The fourth-order valence-corrected chi connectivity index (χ4v) is 2.77. The lowest BCUT2D eigenvalue weighted by Crippen LogP contribution is -2.47. The number of carbonyl (C=O) groups is 1. The third-order valence-corrected chi connectivity index (χ3v) is 4.53.